The van der Waals surface area contributed by atoms with Crippen molar-refractivity contribution in [3.8, 4) is 5.75 Å². The van der Waals surface area contributed by atoms with E-state index >= 15 is 0 Å². The van der Waals surface area contributed by atoms with Crippen molar-refractivity contribution in [3.63, 3.8) is 0 Å². The number of piperazine rings is 1. The van der Waals surface area contributed by atoms with Gasteiger partial charge in [0.1, 0.15) is 5.75 Å². The first-order chi connectivity index (χ1) is 10.6. The normalized spacial score (nSPS) is 17.0. The lowest BCUT2D eigenvalue weighted by molar-refractivity contribution is 0.0877. The van der Waals surface area contributed by atoms with E-state index in [0.717, 1.165) is 54.1 Å². The van der Waals surface area contributed by atoms with Crippen molar-refractivity contribution in [2.24, 2.45) is 0 Å². The first-order valence-corrected chi connectivity index (χ1v) is 7.69. The monoisotopic (exact) mass is 301 g/mol. The highest BCUT2D eigenvalue weighted by molar-refractivity contribution is 6.10. The standard InChI is InChI=1S/C17H23N3O2/c1-12-17(14-10-13(22-3)4-5-15(14)18-12)16(21)11-20-8-6-19(2)7-9-20/h4-5,10,18H,6-9,11H2,1-3H3. The maximum atomic E-state index is 12.8. The molecular formula is C17H23N3O2. The Morgan fingerprint density at radius 2 is 2.00 bits per heavy atom. The van der Waals surface area contributed by atoms with Crippen molar-refractivity contribution in [1.82, 2.24) is 14.8 Å². The molecule has 0 atom stereocenters. The number of hydrogen-bond acceptors (Lipinski definition) is 4. The van der Waals surface area contributed by atoms with Crippen molar-refractivity contribution in [2.75, 3.05) is 46.9 Å². The third-order valence-electron chi connectivity index (χ3n) is 4.44. The molecule has 1 saturated heterocycles. The SMILES string of the molecule is COc1ccc2[nH]c(C)c(C(=O)CN3CCN(C)CC3)c2c1. The number of ether oxygens (including phenoxy) is 1. The van der Waals surface area contributed by atoms with E-state index in [1.807, 2.05) is 25.1 Å². The molecule has 5 nitrogen and oxygen atoms in total. The number of benzene rings is 1. The van der Waals surface area contributed by atoms with E-state index in [4.69, 9.17) is 4.74 Å². The quantitative estimate of drug-likeness (QED) is 0.877. The van der Waals surface area contributed by atoms with Crippen LogP contribution in [0.5, 0.6) is 5.75 Å². The Kier molecular flexibility index (Phi) is 4.18. The molecule has 0 bridgehead atoms. The zero-order valence-corrected chi connectivity index (χ0v) is 13.5. The van der Waals surface area contributed by atoms with Crippen LogP contribution in [0, 0.1) is 6.92 Å². The number of methoxy groups -OCH3 is 1. The largest absolute Gasteiger partial charge is 0.497 e. The van der Waals surface area contributed by atoms with Crippen molar-refractivity contribution in [3.05, 3.63) is 29.5 Å². The van der Waals surface area contributed by atoms with Crippen molar-refractivity contribution in [1.29, 1.82) is 0 Å². The van der Waals surface area contributed by atoms with Crippen LogP contribution in [0.2, 0.25) is 0 Å². The molecule has 0 unspecified atom stereocenters. The maximum absolute atomic E-state index is 12.8. The Hall–Kier alpha value is -1.85. The van der Waals surface area contributed by atoms with Gasteiger partial charge in [-0.15, -0.1) is 0 Å². The van der Waals surface area contributed by atoms with Crippen LogP contribution in [0.25, 0.3) is 10.9 Å². The molecule has 1 aliphatic rings. The van der Waals surface area contributed by atoms with Crippen molar-refractivity contribution in [2.45, 2.75) is 6.92 Å². The maximum Gasteiger partial charge on any atom is 0.179 e. The molecule has 0 spiro atoms. The lowest BCUT2D eigenvalue weighted by Gasteiger charge is -2.31. The highest BCUT2D eigenvalue weighted by Crippen LogP contribution is 2.27. The molecule has 0 amide bonds. The molecule has 2 aromatic rings. The molecule has 1 aromatic heterocycles. The number of H-pyrrole nitrogens is 1. The molecule has 3 rings (SSSR count). The van der Waals surface area contributed by atoms with E-state index in [-0.39, 0.29) is 5.78 Å². The second-order valence-corrected chi connectivity index (χ2v) is 6.04. The molecule has 0 saturated carbocycles. The van der Waals surface area contributed by atoms with Gasteiger partial charge >= 0.3 is 0 Å². The molecule has 1 aliphatic heterocycles. The van der Waals surface area contributed by atoms with Crippen LogP contribution in [0.3, 0.4) is 0 Å². The molecular weight excluding hydrogens is 278 g/mol. The Morgan fingerprint density at radius 3 is 2.68 bits per heavy atom. The Balaban J connectivity index is 1.85. The number of hydrogen-bond donors (Lipinski definition) is 1. The van der Waals surface area contributed by atoms with Gasteiger partial charge in [-0.05, 0) is 32.2 Å². The zero-order valence-electron chi connectivity index (χ0n) is 13.5. The van der Waals surface area contributed by atoms with Crippen molar-refractivity contribution < 1.29 is 9.53 Å². The smallest absolute Gasteiger partial charge is 0.179 e. The van der Waals surface area contributed by atoms with E-state index in [9.17, 15) is 4.79 Å². The topological polar surface area (TPSA) is 48.6 Å². The minimum atomic E-state index is 0.182. The fourth-order valence-corrected chi connectivity index (χ4v) is 3.08. The van der Waals surface area contributed by atoms with Gasteiger partial charge in [0.15, 0.2) is 5.78 Å². The lowest BCUT2D eigenvalue weighted by atomic mass is 10.1. The molecule has 1 aromatic carbocycles. The van der Waals surface area contributed by atoms with Gasteiger partial charge in [-0.3, -0.25) is 9.69 Å². The molecule has 0 radical (unpaired) electrons. The second kappa shape index (κ2) is 6.10. The Bertz CT molecular complexity index is 685. The summed E-state index contributed by atoms with van der Waals surface area (Å²) in [5.74, 6) is 0.960. The van der Waals surface area contributed by atoms with Gasteiger partial charge < -0.3 is 14.6 Å². The van der Waals surface area contributed by atoms with E-state index in [1.54, 1.807) is 7.11 Å². The fraction of sp³-hybridized carbons (Fsp3) is 0.471. The van der Waals surface area contributed by atoms with Gasteiger partial charge in [-0.1, -0.05) is 0 Å². The third-order valence-corrected chi connectivity index (χ3v) is 4.44. The number of likely N-dealkylation sites (N-methyl/N-ethyl adjacent to an activating group) is 1. The molecule has 22 heavy (non-hydrogen) atoms. The van der Waals surface area contributed by atoms with Crippen LogP contribution in [-0.2, 0) is 0 Å². The summed E-state index contributed by atoms with van der Waals surface area (Å²) in [7, 11) is 3.77. The number of carbonyl (C=O) groups excluding carboxylic acids is 1. The number of Topliss-reactive ketones (excluding diaryl/α,β-unsaturated/α-hetero) is 1. The molecule has 118 valence electrons. The summed E-state index contributed by atoms with van der Waals surface area (Å²) in [5, 5.41) is 0.955. The first kappa shape index (κ1) is 15.1. The summed E-state index contributed by atoms with van der Waals surface area (Å²) in [6, 6.07) is 5.82. The predicted octanol–water partition coefficient (Wildman–Crippen LogP) is 1.92. The Labute approximate surface area is 130 Å². The number of nitrogens with zero attached hydrogens (tertiary/aromatic N) is 2. The van der Waals surface area contributed by atoms with Gasteiger partial charge in [0.2, 0.25) is 0 Å². The fourth-order valence-electron chi connectivity index (χ4n) is 3.08. The lowest BCUT2D eigenvalue weighted by Crippen LogP contribution is -2.46. The van der Waals surface area contributed by atoms with Crippen LogP contribution >= 0.6 is 0 Å². The summed E-state index contributed by atoms with van der Waals surface area (Å²) in [4.78, 5) is 20.6. The highest BCUT2D eigenvalue weighted by Gasteiger charge is 2.21. The second-order valence-electron chi connectivity index (χ2n) is 6.04. The van der Waals surface area contributed by atoms with Crippen molar-refractivity contribution >= 4 is 16.7 Å². The van der Waals surface area contributed by atoms with Gasteiger partial charge in [-0.25, -0.2) is 0 Å². The first-order valence-electron chi connectivity index (χ1n) is 7.69. The minimum absolute atomic E-state index is 0.182. The number of rotatable bonds is 4. The number of aryl methyl sites for hydroxylation is 1. The summed E-state index contributed by atoms with van der Waals surface area (Å²) < 4.78 is 5.29. The molecule has 1 N–H and O–H groups in total. The van der Waals surface area contributed by atoms with Gasteiger partial charge in [0.05, 0.1) is 13.7 Å². The third kappa shape index (κ3) is 2.87. The summed E-state index contributed by atoms with van der Waals surface area (Å²) in [5.41, 5.74) is 2.72. The molecule has 0 aliphatic carbocycles. The van der Waals surface area contributed by atoms with Gasteiger partial charge in [0, 0.05) is 48.3 Å². The van der Waals surface area contributed by atoms with E-state index in [1.165, 1.54) is 0 Å². The highest BCUT2D eigenvalue weighted by atomic mass is 16.5. The van der Waals surface area contributed by atoms with Crippen LogP contribution < -0.4 is 4.74 Å². The van der Waals surface area contributed by atoms with Crippen LogP contribution in [-0.4, -0.2) is 67.4 Å². The van der Waals surface area contributed by atoms with E-state index < -0.39 is 0 Å². The number of nitrogens with one attached hydrogen (secondary N) is 1. The number of fused-ring (bicyclic) bond motifs is 1. The van der Waals surface area contributed by atoms with Gasteiger partial charge in [0.25, 0.3) is 0 Å². The average Bonchev–Trinajstić information content (AvgIpc) is 2.84. The summed E-state index contributed by atoms with van der Waals surface area (Å²) >= 11 is 0. The van der Waals surface area contributed by atoms with Crippen LogP contribution in [0.1, 0.15) is 16.1 Å². The molecule has 5 heteroatoms. The van der Waals surface area contributed by atoms with E-state index in [0.29, 0.717) is 6.54 Å². The molecule has 2 heterocycles. The number of ketones is 1. The van der Waals surface area contributed by atoms with E-state index in [2.05, 4.69) is 21.8 Å². The molecule has 1 fully saturated rings. The summed E-state index contributed by atoms with van der Waals surface area (Å²) in [6.45, 7) is 6.39. The number of aromatic amines is 1. The number of aromatic nitrogens is 1. The van der Waals surface area contributed by atoms with Crippen LogP contribution in [0.15, 0.2) is 18.2 Å². The van der Waals surface area contributed by atoms with Gasteiger partial charge in [-0.2, -0.15) is 0 Å². The zero-order chi connectivity index (χ0) is 15.7. The minimum Gasteiger partial charge on any atom is -0.497 e. The predicted molar refractivity (Wildman–Crippen MR) is 87.9 cm³/mol. The average molecular weight is 301 g/mol. The Morgan fingerprint density at radius 1 is 1.27 bits per heavy atom. The van der Waals surface area contributed by atoms with Crippen LogP contribution in [0.4, 0.5) is 0 Å². The summed E-state index contributed by atoms with van der Waals surface area (Å²) in [6.07, 6.45) is 0. The number of carbonyl (C=O) groups is 1.